The van der Waals surface area contributed by atoms with Crippen molar-refractivity contribution in [2.75, 3.05) is 5.32 Å². The van der Waals surface area contributed by atoms with Gasteiger partial charge in [-0.2, -0.15) is 5.10 Å². The van der Waals surface area contributed by atoms with E-state index in [4.69, 9.17) is 5.73 Å². The highest BCUT2D eigenvalue weighted by molar-refractivity contribution is 5.93. The summed E-state index contributed by atoms with van der Waals surface area (Å²) in [5, 5.41) is 14.6. The van der Waals surface area contributed by atoms with Gasteiger partial charge in [-0.05, 0) is 12.8 Å². The summed E-state index contributed by atoms with van der Waals surface area (Å²) in [6, 6.07) is -0.821. The Hall–Kier alpha value is -2.35. The first-order valence-electron chi connectivity index (χ1n) is 6.82. The van der Waals surface area contributed by atoms with Gasteiger partial charge in [-0.1, -0.05) is 13.8 Å². The van der Waals surface area contributed by atoms with Gasteiger partial charge in [-0.15, -0.1) is 10.2 Å². The van der Waals surface area contributed by atoms with Crippen LogP contribution < -0.4 is 11.1 Å². The highest BCUT2D eigenvalue weighted by Gasteiger charge is 2.19. The molecule has 0 aliphatic carbocycles. The van der Waals surface area contributed by atoms with Gasteiger partial charge in [0.05, 0.1) is 17.6 Å². The number of hydrogen-bond acceptors (Lipinski definition) is 6. The van der Waals surface area contributed by atoms with Crippen LogP contribution in [-0.4, -0.2) is 30.9 Å². The van der Waals surface area contributed by atoms with Gasteiger partial charge in [0.25, 0.3) is 0 Å². The highest BCUT2D eigenvalue weighted by Crippen LogP contribution is 2.12. The average molecular weight is 289 g/mol. The number of amides is 1. The summed E-state index contributed by atoms with van der Waals surface area (Å²) in [6.07, 6.45) is 4.74. The molecule has 0 saturated heterocycles. The van der Waals surface area contributed by atoms with Crippen LogP contribution in [0.15, 0.2) is 12.4 Å². The summed E-state index contributed by atoms with van der Waals surface area (Å²) < 4.78 is 1.59. The Morgan fingerprint density at radius 2 is 2.05 bits per heavy atom. The fraction of sp³-hybridized carbons (Fsp3) is 0.462. The number of nitrogens with two attached hydrogens (primary N) is 1. The first-order valence-corrected chi connectivity index (χ1v) is 6.82. The number of aryl methyl sites for hydroxylation is 3. The van der Waals surface area contributed by atoms with Crippen LogP contribution in [0.3, 0.4) is 0 Å². The maximum Gasteiger partial charge on any atom is 0.249 e. The molecule has 1 unspecified atom stereocenters. The van der Waals surface area contributed by atoms with Crippen LogP contribution in [0.5, 0.6) is 0 Å². The fourth-order valence-corrected chi connectivity index (χ4v) is 1.93. The third kappa shape index (κ3) is 3.40. The Kier molecular flexibility index (Phi) is 4.59. The van der Waals surface area contributed by atoms with Crippen LogP contribution in [0.2, 0.25) is 0 Å². The zero-order valence-corrected chi connectivity index (χ0v) is 12.4. The molecule has 8 heteroatoms. The number of nitrogens with zero attached hydrogens (tertiary/aromatic N) is 5. The van der Waals surface area contributed by atoms with Gasteiger partial charge in [0.1, 0.15) is 6.04 Å². The van der Waals surface area contributed by atoms with Crippen LogP contribution in [-0.2, 0) is 24.7 Å². The van der Waals surface area contributed by atoms with E-state index < -0.39 is 11.9 Å². The number of hydrogen-bond donors (Lipinski definition) is 2. The van der Waals surface area contributed by atoms with Gasteiger partial charge in [0.2, 0.25) is 11.9 Å². The summed E-state index contributed by atoms with van der Waals surface area (Å²) in [6.45, 7) is 3.97. The summed E-state index contributed by atoms with van der Waals surface area (Å²) in [5.41, 5.74) is 8.18. The van der Waals surface area contributed by atoms with Crippen molar-refractivity contribution in [3.8, 4) is 0 Å². The number of carbonyl (C=O) groups excluding carboxylic acids is 1. The molecule has 0 spiro atoms. The molecule has 2 aromatic heterocycles. The lowest BCUT2D eigenvalue weighted by molar-refractivity contribution is -0.117. The third-order valence-electron chi connectivity index (χ3n) is 3.11. The molecule has 3 N–H and O–H groups in total. The second kappa shape index (κ2) is 6.40. The zero-order chi connectivity index (χ0) is 15.4. The molecule has 1 amide bonds. The molecule has 112 valence electrons. The Balaban J connectivity index is 2.12. The predicted octanol–water partition coefficient (Wildman–Crippen LogP) is 0.368. The van der Waals surface area contributed by atoms with E-state index in [1.165, 1.54) is 0 Å². The minimum Gasteiger partial charge on any atom is -0.316 e. The van der Waals surface area contributed by atoms with E-state index in [0.29, 0.717) is 5.56 Å². The van der Waals surface area contributed by atoms with E-state index in [-0.39, 0.29) is 5.95 Å². The number of aromatic nitrogens is 5. The van der Waals surface area contributed by atoms with Crippen LogP contribution in [0.4, 0.5) is 5.95 Å². The Labute approximate surface area is 122 Å². The fourth-order valence-electron chi connectivity index (χ4n) is 1.93. The third-order valence-corrected chi connectivity index (χ3v) is 3.11. The summed E-state index contributed by atoms with van der Waals surface area (Å²) in [5.74, 6) is -0.218. The summed E-state index contributed by atoms with van der Waals surface area (Å²) >= 11 is 0. The van der Waals surface area contributed by atoms with Gasteiger partial charge in [-0.3, -0.25) is 14.8 Å². The van der Waals surface area contributed by atoms with Crippen molar-refractivity contribution in [2.24, 2.45) is 12.8 Å². The monoisotopic (exact) mass is 289 g/mol. The Morgan fingerprint density at radius 3 is 2.62 bits per heavy atom. The lowest BCUT2D eigenvalue weighted by Crippen LogP contribution is -2.28. The van der Waals surface area contributed by atoms with E-state index >= 15 is 0 Å². The van der Waals surface area contributed by atoms with Crippen molar-refractivity contribution in [1.82, 2.24) is 25.0 Å². The highest BCUT2D eigenvalue weighted by atomic mass is 16.2. The molecule has 0 saturated carbocycles. The molecule has 0 aliphatic rings. The normalized spacial score (nSPS) is 12.2. The van der Waals surface area contributed by atoms with Crippen molar-refractivity contribution < 1.29 is 4.79 Å². The Morgan fingerprint density at radius 1 is 1.33 bits per heavy atom. The van der Waals surface area contributed by atoms with Crippen molar-refractivity contribution in [3.63, 3.8) is 0 Å². The smallest absolute Gasteiger partial charge is 0.249 e. The molecule has 0 bridgehead atoms. The molecule has 0 aromatic carbocycles. The van der Waals surface area contributed by atoms with E-state index in [1.807, 2.05) is 13.8 Å². The molecule has 2 heterocycles. The summed E-state index contributed by atoms with van der Waals surface area (Å²) in [7, 11) is 1.76. The van der Waals surface area contributed by atoms with Gasteiger partial charge in [0, 0.05) is 18.8 Å². The SMILES string of the molecule is CCc1nnc(NC(=O)C(N)c2cnn(C)c2)nc1CC. The minimum absolute atomic E-state index is 0.174. The van der Waals surface area contributed by atoms with Crippen molar-refractivity contribution in [1.29, 1.82) is 0 Å². The van der Waals surface area contributed by atoms with E-state index in [9.17, 15) is 4.79 Å². The average Bonchev–Trinajstić information content (AvgIpc) is 2.92. The second-order valence-electron chi connectivity index (χ2n) is 4.65. The molecule has 21 heavy (non-hydrogen) atoms. The predicted molar refractivity (Wildman–Crippen MR) is 77.3 cm³/mol. The first-order chi connectivity index (χ1) is 10.0. The number of nitrogens with one attached hydrogen (secondary N) is 1. The maximum absolute atomic E-state index is 12.1. The summed E-state index contributed by atoms with van der Waals surface area (Å²) in [4.78, 5) is 16.4. The number of anilines is 1. The minimum atomic E-state index is -0.821. The maximum atomic E-state index is 12.1. The molecule has 0 fully saturated rings. The zero-order valence-electron chi connectivity index (χ0n) is 12.4. The molecule has 0 aliphatic heterocycles. The van der Waals surface area contributed by atoms with Crippen LogP contribution in [0.25, 0.3) is 0 Å². The molecule has 2 aromatic rings. The van der Waals surface area contributed by atoms with E-state index in [1.54, 1.807) is 24.1 Å². The van der Waals surface area contributed by atoms with E-state index in [2.05, 4.69) is 25.6 Å². The Bertz CT molecular complexity index is 637. The van der Waals surface area contributed by atoms with Gasteiger partial charge >= 0.3 is 0 Å². The van der Waals surface area contributed by atoms with E-state index in [0.717, 1.165) is 24.2 Å². The molecular formula is C13H19N7O. The van der Waals surface area contributed by atoms with Crippen molar-refractivity contribution in [3.05, 3.63) is 29.3 Å². The van der Waals surface area contributed by atoms with Crippen molar-refractivity contribution in [2.45, 2.75) is 32.7 Å². The number of rotatable bonds is 5. The number of carbonyl (C=O) groups is 1. The molecule has 1 atom stereocenters. The van der Waals surface area contributed by atoms with Crippen molar-refractivity contribution >= 4 is 11.9 Å². The molecule has 8 nitrogen and oxygen atoms in total. The van der Waals surface area contributed by atoms with Gasteiger partial charge in [0.15, 0.2) is 0 Å². The largest absolute Gasteiger partial charge is 0.316 e. The second-order valence-corrected chi connectivity index (χ2v) is 4.65. The lowest BCUT2D eigenvalue weighted by atomic mass is 10.1. The van der Waals surface area contributed by atoms with Gasteiger partial charge < -0.3 is 5.73 Å². The van der Waals surface area contributed by atoms with Crippen LogP contribution >= 0.6 is 0 Å². The lowest BCUT2D eigenvalue weighted by Gasteiger charge is -2.10. The quantitative estimate of drug-likeness (QED) is 0.822. The topological polar surface area (TPSA) is 112 Å². The van der Waals surface area contributed by atoms with Crippen LogP contribution in [0, 0.1) is 0 Å². The first kappa shape index (κ1) is 15.0. The van der Waals surface area contributed by atoms with Crippen LogP contribution in [0.1, 0.15) is 36.8 Å². The molecule has 2 rings (SSSR count). The standard InChI is InChI=1S/C13H19N7O/c1-4-9-10(5-2)18-19-13(16-9)17-12(21)11(14)8-6-15-20(3)7-8/h6-7,11H,4-5,14H2,1-3H3,(H,16,17,19,21). The molecule has 0 radical (unpaired) electrons. The van der Waals surface area contributed by atoms with Gasteiger partial charge in [-0.25, -0.2) is 4.98 Å². The molecular weight excluding hydrogens is 270 g/mol.